The van der Waals surface area contributed by atoms with Crippen LogP contribution in [0.3, 0.4) is 0 Å². The third kappa shape index (κ3) is 3.13. The van der Waals surface area contributed by atoms with Crippen molar-refractivity contribution in [3.05, 3.63) is 23.8 Å². The highest BCUT2D eigenvalue weighted by molar-refractivity contribution is 5.72. The zero-order chi connectivity index (χ0) is 16.5. The predicted molar refractivity (Wildman–Crippen MR) is 75.3 cm³/mol. The Kier molecular flexibility index (Phi) is 4.53. The fraction of sp³-hybridized carbons (Fsp3) is 0.533. The Bertz CT molecular complexity index is 555. The Balaban J connectivity index is 2.38. The molecule has 0 fully saturated rings. The number of carboxylic acids is 1. The van der Waals surface area contributed by atoms with Crippen LogP contribution in [-0.4, -0.2) is 36.4 Å². The smallest absolute Gasteiger partial charge is 0.426 e. The zero-order valence-corrected chi connectivity index (χ0v) is 12.4. The third-order valence-corrected chi connectivity index (χ3v) is 3.88. The van der Waals surface area contributed by atoms with Crippen LogP contribution in [0.2, 0.25) is 0 Å². The van der Waals surface area contributed by atoms with Gasteiger partial charge in [0.25, 0.3) is 0 Å². The van der Waals surface area contributed by atoms with Crippen LogP contribution in [0, 0.1) is 5.92 Å². The van der Waals surface area contributed by atoms with Crippen molar-refractivity contribution >= 4 is 11.7 Å². The second kappa shape index (κ2) is 6.06. The molecule has 122 valence electrons. The topological polar surface area (TPSA) is 49.8 Å². The molecule has 22 heavy (non-hydrogen) atoms. The van der Waals surface area contributed by atoms with Gasteiger partial charge >= 0.3 is 12.1 Å². The standard InChI is InChI=1S/C15H18F3NO3/c1-3-19(4-2)10-6-5-9-7-11(14(20)21)13(15(16,17)18)22-12(9)8-10/h5-6,8,11,13H,3-4,7H2,1-2H3,(H,20,21)/t11-,13-/m1/s1. The van der Waals surface area contributed by atoms with E-state index in [-0.39, 0.29) is 12.2 Å². The second-order valence-electron chi connectivity index (χ2n) is 5.19. The molecule has 1 aliphatic heterocycles. The lowest BCUT2D eigenvalue weighted by Crippen LogP contribution is -2.47. The summed E-state index contributed by atoms with van der Waals surface area (Å²) in [5.74, 6) is -3.00. The van der Waals surface area contributed by atoms with Crippen molar-refractivity contribution in [2.24, 2.45) is 5.92 Å². The number of ether oxygens (including phenoxy) is 1. The molecule has 2 atom stereocenters. The van der Waals surface area contributed by atoms with Crippen molar-refractivity contribution in [3.8, 4) is 5.75 Å². The van der Waals surface area contributed by atoms with E-state index in [0.717, 1.165) is 18.8 Å². The van der Waals surface area contributed by atoms with Crippen LogP contribution < -0.4 is 9.64 Å². The van der Waals surface area contributed by atoms with Gasteiger partial charge in [-0.1, -0.05) is 6.07 Å². The van der Waals surface area contributed by atoms with E-state index in [4.69, 9.17) is 9.84 Å². The number of halogens is 3. The summed E-state index contributed by atoms with van der Waals surface area (Å²) in [7, 11) is 0. The maximum absolute atomic E-state index is 13.0. The number of carbonyl (C=O) groups is 1. The first-order valence-corrected chi connectivity index (χ1v) is 7.12. The highest BCUT2D eigenvalue weighted by atomic mass is 19.4. The van der Waals surface area contributed by atoms with Crippen LogP contribution in [0.1, 0.15) is 19.4 Å². The summed E-state index contributed by atoms with van der Waals surface area (Å²) in [6.45, 7) is 5.33. The molecule has 0 bridgehead atoms. The number of anilines is 1. The highest BCUT2D eigenvalue weighted by Gasteiger charge is 2.52. The molecule has 0 aromatic heterocycles. The van der Waals surface area contributed by atoms with Crippen molar-refractivity contribution in [3.63, 3.8) is 0 Å². The fourth-order valence-electron chi connectivity index (χ4n) is 2.68. The summed E-state index contributed by atoms with van der Waals surface area (Å²) in [4.78, 5) is 13.1. The van der Waals surface area contributed by atoms with Gasteiger partial charge < -0.3 is 14.7 Å². The molecule has 1 heterocycles. The molecule has 7 heteroatoms. The number of rotatable bonds is 4. The number of hydrogen-bond acceptors (Lipinski definition) is 3. The lowest BCUT2D eigenvalue weighted by Gasteiger charge is -2.33. The molecular weight excluding hydrogens is 299 g/mol. The van der Waals surface area contributed by atoms with E-state index in [2.05, 4.69) is 0 Å². The molecule has 0 radical (unpaired) electrons. The van der Waals surface area contributed by atoms with Crippen molar-refractivity contribution in [2.75, 3.05) is 18.0 Å². The average molecular weight is 317 g/mol. The number of fused-ring (bicyclic) bond motifs is 1. The van der Waals surface area contributed by atoms with Gasteiger partial charge in [-0.2, -0.15) is 13.2 Å². The van der Waals surface area contributed by atoms with Crippen LogP contribution >= 0.6 is 0 Å². The summed E-state index contributed by atoms with van der Waals surface area (Å²) in [5.41, 5.74) is 1.25. The summed E-state index contributed by atoms with van der Waals surface area (Å²) in [6.07, 6.45) is -7.22. The van der Waals surface area contributed by atoms with E-state index in [1.807, 2.05) is 18.7 Å². The van der Waals surface area contributed by atoms with E-state index >= 15 is 0 Å². The first-order chi connectivity index (χ1) is 10.3. The molecule has 1 N–H and O–H groups in total. The predicted octanol–water partition coefficient (Wildman–Crippen LogP) is 3.10. The third-order valence-electron chi connectivity index (χ3n) is 3.88. The van der Waals surface area contributed by atoms with Gasteiger partial charge in [0.15, 0.2) is 0 Å². The van der Waals surface area contributed by atoms with E-state index in [1.54, 1.807) is 18.2 Å². The van der Waals surface area contributed by atoms with Crippen molar-refractivity contribution < 1.29 is 27.8 Å². The van der Waals surface area contributed by atoms with E-state index in [1.165, 1.54) is 0 Å². The molecule has 4 nitrogen and oxygen atoms in total. The molecule has 0 unspecified atom stereocenters. The normalized spacial score (nSPS) is 21.0. The molecular formula is C15H18F3NO3. The molecule has 1 aromatic rings. The molecule has 2 rings (SSSR count). The maximum atomic E-state index is 13.0. The van der Waals surface area contributed by atoms with Crippen LogP contribution in [0.15, 0.2) is 18.2 Å². The van der Waals surface area contributed by atoms with E-state index in [0.29, 0.717) is 5.56 Å². The SMILES string of the molecule is CCN(CC)c1ccc2c(c1)O[C@@H](C(F)(F)F)[C@H](C(=O)O)C2. The van der Waals surface area contributed by atoms with Gasteiger partial charge in [0, 0.05) is 24.8 Å². The molecule has 0 aliphatic carbocycles. The molecule has 0 saturated carbocycles. The maximum Gasteiger partial charge on any atom is 0.426 e. The van der Waals surface area contributed by atoms with Gasteiger partial charge in [-0.25, -0.2) is 0 Å². The summed E-state index contributed by atoms with van der Waals surface area (Å²) in [5, 5.41) is 9.03. The van der Waals surface area contributed by atoms with E-state index in [9.17, 15) is 18.0 Å². The Morgan fingerprint density at radius 3 is 2.50 bits per heavy atom. The van der Waals surface area contributed by atoms with Crippen LogP contribution in [0.5, 0.6) is 5.75 Å². The highest BCUT2D eigenvalue weighted by Crippen LogP contribution is 2.40. The molecule has 0 spiro atoms. The monoisotopic (exact) mass is 317 g/mol. The first-order valence-electron chi connectivity index (χ1n) is 7.12. The molecule has 0 saturated heterocycles. The van der Waals surface area contributed by atoms with Crippen LogP contribution in [0.4, 0.5) is 18.9 Å². The molecule has 1 aromatic carbocycles. The number of hydrogen-bond donors (Lipinski definition) is 1. The van der Waals surface area contributed by atoms with Gasteiger partial charge in [0.05, 0.1) is 0 Å². The Morgan fingerprint density at radius 1 is 1.36 bits per heavy atom. The van der Waals surface area contributed by atoms with E-state index < -0.39 is 24.2 Å². The lowest BCUT2D eigenvalue weighted by atomic mass is 9.90. The summed E-state index contributed by atoms with van der Waals surface area (Å²) >= 11 is 0. The van der Waals surface area contributed by atoms with Crippen molar-refractivity contribution in [2.45, 2.75) is 32.5 Å². The average Bonchev–Trinajstić information content (AvgIpc) is 2.46. The molecule has 0 amide bonds. The van der Waals surface area contributed by atoms with Crippen LogP contribution in [-0.2, 0) is 11.2 Å². The minimum absolute atomic E-state index is 0.115. The van der Waals surface area contributed by atoms with Crippen molar-refractivity contribution in [1.82, 2.24) is 0 Å². The molecule has 1 aliphatic rings. The van der Waals surface area contributed by atoms with Gasteiger partial charge in [0.1, 0.15) is 11.7 Å². The Hall–Kier alpha value is -1.92. The number of carboxylic acid groups (broad SMARTS) is 1. The Labute approximate surface area is 126 Å². The minimum Gasteiger partial charge on any atom is -0.481 e. The Morgan fingerprint density at radius 2 is 2.00 bits per heavy atom. The second-order valence-corrected chi connectivity index (χ2v) is 5.19. The zero-order valence-electron chi connectivity index (χ0n) is 12.4. The van der Waals surface area contributed by atoms with Gasteiger partial charge in [0.2, 0.25) is 6.10 Å². The van der Waals surface area contributed by atoms with Gasteiger partial charge in [-0.05, 0) is 31.9 Å². The summed E-state index contributed by atoms with van der Waals surface area (Å²) < 4.78 is 44.1. The fourth-order valence-corrected chi connectivity index (χ4v) is 2.68. The number of alkyl halides is 3. The number of aliphatic carboxylic acids is 1. The first kappa shape index (κ1) is 16.5. The van der Waals surface area contributed by atoms with Crippen LogP contribution in [0.25, 0.3) is 0 Å². The number of nitrogens with zero attached hydrogens (tertiary/aromatic N) is 1. The largest absolute Gasteiger partial charge is 0.481 e. The lowest BCUT2D eigenvalue weighted by molar-refractivity contribution is -0.217. The minimum atomic E-state index is -4.72. The quantitative estimate of drug-likeness (QED) is 0.927. The van der Waals surface area contributed by atoms with Gasteiger partial charge in [-0.3, -0.25) is 4.79 Å². The van der Waals surface area contributed by atoms with Crippen molar-refractivity contribution in [1.29, 1.82) is 0 Å². The van der Waals surface area contributed by atoms with Gasteiger partial charge in [-0.15, -0.1) is 0 Å². The summed E-state index contributed by atoms with van der Waals surface area (Å²) in [6, 6.07) is 4.98. The number of benzene rings is 1.